The molecule has 0 radical (unpaired) electrons. The van der Waals surface area contributed by atoms with Gasteiger partial charge >= 0.3 is 6.09 Å². The molecule has 0 aliphatic rings. The largest absolute Gasteiger partial charge is 0.497 e. The van der Waals surface area contributed by atoms with Gasteiger partial charge in [0, 0.05) is 38.0 Å². The Balaban J connectivity index is 1.88. The molecule has 10 heteroatoms. The van der Waals surface area contributed by atoms with Gasteiger partial charge in [0.15, 0.2) is 5.58 Å². The van der Waals surface area contributed by atoms with Crippen LogP contribution in [0.25, 0.3) is 11.1 Å². The average Bonchev–Trinajstić information content (AvgIpc) is 3.20. The van der Waals surface area contributed by atoms with E-state index in [1.54, 1.807) is 33.7 Å². The SMILES string of the molecule is COc1ccc(CN(CCN(C)C(=O)OC(C)(C)C)c2nc3cncc(Br)c3o2)c(OC)c1. The molecule has 0 atom stereocenters. The molecule has 1 aromatic carbocycles. The van der Waals surface area contributed by atoms with E-state index in [0.29, 0.717) is 52.7 Å². The number of oxazole rings is 1. The first-order chi connectivity index (χ1) is 15.6. The van der Waals surface area contributed by atoms with E-state index >= 15 is 0 Å². The van der Waals surface area contributed by atoms with Gasteiger partial charge in [-0.2, -0.15) is 4.98 Å². The van der Waals surface area contributed by atoms with Gasteiger partial charge in [0.05, 0.1) is 31.4 Å². The number of carbonyl (C=O) groups is 1. The van der Waals surface area contributed by atoms with Crippen molar-refractivity contribution in [2.75, 3.05) is 39.3 Å². The minimum Gasteiger partial charge on any atom is -0.497 e. The normalized spacial score (nSPS) is 11.4. The number of halogens is 1. The van der Waals surface area contributed by atoms with E-state index in [2.05, 4.69) is 25.9 Å². The Morgan fingerprint density at radius 3 is 2.55 bits per heavy atom. The molecule has 0 unspecified atom stereocenters. The van der Waals surface area contributed by atoms with Gasteiger partial charge in [-0.3, -0.25) is 4.98 Å². The van der Waals surface area contributed by atoms with Crippen molar-refractivity contribution in [3.63, 3.8) is 0 Å². The van der Waals surface area contributed by atoms with E-state index in [-0.39, 0.29) is 0 Å². The summed E-state index contributed by atoms with van der Waals surface area (Å²) in [5.74, 6) is 1.38. The summed E-state index contributed by atoms with van der Waals surface area (Å²) in [6, 6.07) is 6.04. The molecule has 0 bridgehead atoms. The fourth-order valence-electron chi connectivity index (χ4n) is 3.08. The summed E-state index contributed by atoms with van der Waals surface area (Å²) in [7, 11) is 4.92. The van der Waals surface area contributed by atoms with E-state index < -0.39 is 11.7 Å². The number of anilines is 1. The topological polar surface area (TPSA) is 90.2 Å². The molecular formula is C23H29BrN4O5. The zero-order valence-corrected chi connectivity index (χ0v) is 21.3. The van der Waals surface area contributed by atoms with Crippen LogP contribution in [0.5, 0.6) is 11.5 Å². The predicted molar refractivity (Wildman–Crippen MR) is 129 cm³/mol. The molecule has 1 amide bonds. The quantitative estimate of drug-likeness (QED) is 0.415. The van der Waals surface area contributed by atoms with E-state index in [4.69, 9.17) is 18.6 Å². The second-order valence-corrected chi connectivity index (χ2v) is 9.32. The van der Waals surface area contributed by atoms with Crippen molar-refractivity contribution < 1.29 is 23.4 Å². The maximum atomic E-state index is 12.4. The molecule has 0 saturated heterocycles. The number of carbonyl (C=O) groups excluding carboxylic acids is 1. The van der Waals surface area contributed by atoms with Gasteiger partial charge in [0.25, 0.3) is 6.01 Å². The summed E-state index contributed by atoms with van der Waals surface area (Å²) in [5.41, 5.74) is 1.58. The number of rotatable bonds is 8. The third-order valence-corrected chi connectivity index (χ3v) is 5.35. The fourth-order valence-corrected chi connectivity index (χ4v) is 3.48. The number of hydrogen-bond donors (Lipinski definition) is 0. The molecule has 3 aromatic rings. The lowest BCUT2D eigenvalue weighted by molar-refractivity contribution is 0.0302. The number of pyridine rings is 1. The van der Waals surface area contributed by atoms with Crippen LogP contribution in [-0.2, 0) is 11.3 Å². The highest BCUT2D eigenvalue weighted by Gasteiger charge is 2.22. The molecule has 9 nitrogen and oxygen atoms in total. The van der Waals surface area contributed by atoms with Crippen molar-refractivity contribution in [2.24, 2.45) is 0 Å². The monoisotopic (exact) mass is 520 g/mol. The van der Waals surface area contributed by atoms with Crippen LogP contribution in [0.3, 0.4) is 0 Å². The van der Waals surface area contributed by atoms with E-state index in [1.807, 2.05) is 43.9 Å². The Bertz CT molecular complexity index is 1110. The third kappa shape index (κ3) is 6.28. The van der Waals surface area contributed by atoms with Crippen LogP contribution < -0.4 is 14.4 Å². The van der Waals surface area contributed by atoms with Crippen LogP contribution in [0.1, 0.15) is 26.3 Å². The molecule has 33 heavy (non-hydrogen) atoms. The number of ether oxygens (including phenoxy) is 3. The number of benzene rings is 1. The molecule has 0 saturated carbocycles. The number of aromatic nitrogens is 2. The number of hydrogen-bond acceptors (Lipinski definition) is 8. The maximum Gasteiger partial charge on any atom is 0.410 e. The summed E-state index contributed by atoms with van der Waals surface area (Å²) in [4.78, 5) is 24.7. The fraction of sp³-hybridized carbons (Fsp3) is 0.435. The van der Waals surface area contributed by atoms with Gasteiger partial charge in [0.2, 0.25) is 0 Å². The van der Waals surface area contributed by atoms with E-state index in [9.17, 15) is 4.79 Å². The van der Waals surface area contributed by atoms with Crippen molar-refractivity contribution in [2.45, 2.75) is 32.9 Å². The molecule has 0 aliphatic heterocycles. The van der Waals surface area contributed by atoms with Gasteiger partial charge in [0.1, 0.15) is 22.6 Å². The summed E-state index contributed by atoms with van der Waals surface area (Å²) < 4.78 is 23.1. The molecule has 3 rings (SSSR count). The minimum absolute atomic E-state index is 0.394. The summed E-state index contributed by atoms with van der Waals surface area (Å²) in [6.45, 7) is 6.79. The van der Waals surface area contributed by atoms with Gasteiger partial charge in [-0.1, -0.05) is 0 Å². The van der Waals surface area contributed by atoms with Crippen LogP contribution in [0, 0.1) is 0 Å². The van der Waals surface area contributed by atoms with Crippen LogP contribution in [-0.4, -0.2) is 60.9 Å². The predicted octanol–water partition coefficient (Wildman–Crippen LogP) is 4.88. The van der Waals surface area contributed by atoms with Crippen molar-refractivity contribution in [3.05, 3.63) is 40.6 Å². The zero-order valence-electron chi connectivity index (χ0n) is 19.7. The van der Waals surface area contributed by atoms with Crippen LogP contribution in [0.2, 0.25) is 0 Å². The molecule has 2 aromatic heterocycles. The van der Waals surface area contributed by atoms with Crippen LogP contribution in [0.4, 0.5) is 10.8 Å². The zero-order chi connectivity index (χ0) is 24.2. The average molecular weight is 521 g/mol. The van der Waals surface area contributed by atoms with Crippen molar-refractivity contribution >= 4 is 39.1 Å². The highest BCUT2D eigenvalue weighted by atomic mass is 79.9. The molecule has 2 heterocycles. The van der Waals surface area contributed by atoms with Crippen molar-refractivity contribution in [3.8, 4) is 11.5 Å². The number of nitrogens with zero attached hydrogens (tertiary/aromatic N) is 4. The molecule has 0 spiro atoms. The van der Waals surface area contributed by atoms with Crippen molar-refractivity contribution in [1.82, 2.24) is 14.9 Å². The Morgan fingerprint density at radius 1 is 1.15 bits per heavy atom. The minimum atomic E-state index is -0.568. The van der Waals surface area contributed by atoms with Crippen LogP contribution >= 0.6 is 15.9 Å². The van der Waals surface area contributed by atoms with Crippen LogP contribution in [0.15, 0.2) is 39.5 Å². The van der Waals surface area contributed by atoms with Gasteiger partial charge in [-0.25, -0.2) is 4.79 Å². The number of likely N-dealkylation sites (N-methyl/N-ethyl adjacent to an activating group) is 1. The Kier molecular flexibility index (Phi) is 7.68. The standard InChI is InChI=1S/C23H29BrN4O5/c1-23(2,3)33-22(29)27(4)9-10-28(14-15-7-8-16(30-5)11-19(15)31-6)21-26-18-13-25-12-17(24)20(18)32-21/h7-8,11-13H,9-10,14H2,1-6H3. The second-order valence-electron chi connectivity index (χ2n) is 8.47. The van der Waals surface area contributed by atoms with Gasteiger partial charge in [-0.15, -0.1) is 0 Å². The summed E-state index contributed by atoms with van der Waals surface area (Å²) in [5, 5.41) is 0. The lowest BCUT2D eigenvalue weighted by Gasteiger charge is -2.27. The number of amides is 1. The first kappa shape index (κ1) is 24.6. The third-order valence-electron chi connectivity index (χ3n) is 4.78. The van der Waals surface area contributed by atoms with Crippen molar-refractivity contribution in [1.29, 1.82) is 0 Å². The number of fused-ring (bicyclic) bond motifs is 1. The Labute approximate surface area is 201 Å². The molecular weight excluding hydrogens is 492 g/mol. The van der Waals surface area contributed by atoms with Gasteiger partial charge in [-0.05, 0) is 48.8 Å². The lowest BCUT2D eigenvalue weighted by Crippen LogP contribution is -2.39. The molecule has 0 N–H and O–H groups in total. The Morgan fingerprint density at radius 2 is 1.91 bits per heavy atom. The highest BCUT2D eigenvalue weighted by molar-refractivity contribution is 9.10. The second kappa shape index (κ2) is 10.3. The van der Waals surface area contributed by atoms with Gasteiger partial charge < -0.3 is 28.4 Å². The number of methoxy groups -OCH3 is 2. The van der Waals surface area contributed by atoms with E-state index in [0.717, 1.165) is 5.56 Å². The van der Waals surface area contributed by atoms with E-state index in [1.165, 1.54) is 4.90 Å². The lowest BCUT2D eigenvalue weighted by atomic mass is 10.1. The molecule has 0 fully saturated rings. The first-order valence-electron chi connectivity index (χ1n) is 10.4. The maximum absolute atomic E-state index is 12.4. The summed E-state index contributed by atoms with van der Waals surface area (Å²) >= 11 is 3.46. The highest BCUT2D eigenvalue weighted by Crippen LogP contribution is 2.30. The smallest absolute Gasteiger partial charge is 0.410 e. The first-order valence-corrected chi connectivity index (χ1v) is 11.2. The molecule has 178 valence electrons. The summed E-state index contributed by atoms with van der Waals surface area (Å²) in [6.07, 6.45) is 2.91. The molecule has 0 aliphatic carbocycles. The Hall–Kier alpha value is -3.01.